The van der Waals surface area contributed by atoms with Crippen molar-refractivity contribution >= 4 is 28.2 Å². The van der Waals surface area contributed by atoms with Crippen LogP contribution in [0.25, 0.3) is 10.9 Å². The van der Waals surface area contributed by atoms with Crippen LogP contribution >= 0.6 is 11.6 Å². The molecule has 0 bridgehead atoms. The van der Waals surface area contributed by atoms with Gasteiger partial charge in [0, 0.05) is 42.3 Å². The van der Waals surface area contributed by atoms with Crippen LogP contribution in [0.1, 0.15) is 5.82 Å². The van der Waals surface area contributed by atoms with Crippen LogP contribution in [0.3, 0.4) is 0 Å². The third-order valence-electron chi connectivity index (χ3n) is 3.02. The van der Waals surface area contributed by atoms with Gasteiger partial charge in [0.25, 0.3) is 0 Å². The quantitative estimate of drug-likeness (QED) is 0.801. The molecule has 0 aliphatic heterocycles. The van der Waals surface area contributed by atoms with Crippen molar-refractivity contribution in [2.24, 2.45) is 7.05 Å². The number of aromatic nitrogens is 4. The van der Waals surface area contributed by atoms with Gasteiger partial charge in [0.1, 0.15) is 6.33 Å². The van der Waals surface area contributed by atoms with Crippen LogP contribution in [0, 0.1) is 0 Å². The fourth-order valence-corrected chi connectivity index (χ4v) is 2.25. The first kappa shape index (κ1) is 12.9. The Morgan fingerprint density at radius 3 is 2.95 bits per heavy atom. The second-order valence-electron chi connectivity index (χ2n) is 4.53. The molecule has 0 saturated heterocycles. The van der Waals surface area contributed by atoms with E-state index in [2.05, 4.69) is 20.4 Å². The van der Waals surface area contributed by atoms with E-state index in [0.29, 0.717) is 5.02 Å². The van der Waals surface area contributed by atoms with Crippen molar-refractivity contribution in [1.82, 2.24) is 19.7 Å². The van der Waals surface area contributed by atoms with Crippen LogP contribution in [0.15, 0.2) is 36.8 Å². The van der Waals surface area contributed by atoms with Crippen molar-refractivity contribution in [2.45, 2.75) is 6.42 Å². The van der Waals surface area contributed by atoms with Crippen molar-refractivity contribution in [3.05, 3.63) is 47.6 Å². The molecule has 3 aromatic rings. The van der Waals surface area contributed by atoms with Gasteiger partial charge in [-0.05, 0) is 24.3 Å². The van der Waals surface area contributed by atoms with Gasteiger partial charge in [-0.15, -0.1) is 0 Å². The number of nitrogens with one attached hydrogen (secondary N) is 1. The summed E-state index contributed by atoms with van der Waals surface area (Å²) < 4.78 is 1.71. The molecule has 2 heterocycles. The summed E-state index contributed by atoms with van der Waals surface area (Å²) >= 11 is 5.98. The maximum atomic E-state index is 5.98. The van der Waals surface area contributed by atoms with Crippen molar-refractivity contribution in [2.75, 3.05) is 11.9 Å². The fraction of sp³-hybridized carbons (Fsp3) is 0.214. The Morgan fingerprint density at radius 2 is 2.15 bits per heavy atom. The molecule has 0 aliphatic carbocycles. The minimum absolute atomic E-state index is 0.694. The molecule has 102 valence electrons. The van der Waals surface area contributed by atoms with Gasteiger partial charge in [0.05, 0.1) is 5.52 Å². The zero-order chi connectivity index (χ0) is 13.9. The molecule has 0 radical (unpaired) electrons. The second kappa shape index (κ2) is 5.46. The Morgan fingerprint density at radius 1 is 1.25 bits per heavy atom. The molecular formula is C14H14ClN5. The Hall–Kier alpha value is -2.14. The minimum Gasteiger partial charge on any atom is -0.384 e. The number of hydrogen-bond donors (Lipinski definition) is 1. The van der Waals surface area contributed by atoms with Crippen LogP contribution in [-0.2, 0) is 13.5 Å². The lowest BCUT2D eigenvalue weighted by Gasteiger charge is -2.08. The molecule has 5 nitrogen and oxygen atoms in total. The number of pyridine rings is 1. The lowest BCUT2D eigenvalue weighted by molar-refractivity contribution is 0.742. The summed E-state index contributed by atoms with van der Waals surface area (Å²) in [4.78, 5) is 8.52. The summed E-state index contributed by atoms with van der Waals surface area (Å²) in [5, 5.41) is 9.40. The number of benzene rings is 1. The summed E-state index contributed by atoms with van der Waals surface area (Å²) in [6.07, 6.45) is 4.26. The highest BCUT2D eigenvalue weighted by Gasteiger charge is 2.03. The SMILES string of the molecule is Cn1cnc(CCNc2ccnc3cc(Cl)ccc23)n1. The molecule has 0 atom stereocenters. The molecule has 0 saturated carbocycles. The topological polar surface area (TPSA) is 55.6 Å². The first-order valence-corrected chi connectivity index (χ1v) is 6.73. The monoisotopic (exact) mass is 287 g/mol. The summed E-state index contributed by atoms with van der Waals surface area (Å²) in [7, 11) is 1.87. The summed E-state index contributed by atoms with van der Waals surface area (Å²) in [6.45, 7) is 0.770. The highest BCUT2D eigenvalue weighted by molar-refractivity contribution is 6.31. The van der Waals surface area contributed by atoms with Gasteiger partial charge < -0.3 is 5.32 Å². The highest BCUT2D eigenvalue weighted by atomic mass is 35.5. The smallest absolute Gasteiger partial charge is 0.152 e. The molecule has 6 heteroatoms. The predicted octanol–water partition coefficient (Wildman–Crippen LogP) is 2.67. The van der Waals surface area contributed by atoms with Gasteiger partial charge in [-0.1, -0.05) is 11.6 Å². The van der Waals surface area contributed by atoms with E-state index in [1.165, 1.54) is 0 Å². The number of hydrogen-bond acceptors (Lipinski definition) is 4. The molecular weight excluding hydrogens is 274 g/mol. The van der Waals surface area contributed by atoms with Gasteiger partial charge in [-0.25, -0.2) is 4.98 Å². The minimum atomic E-state index is 0.694. The maximum Gasteiger partial charge on any atom is 0.152 e. The lowest BCUT2D eigenvalue weighted by atomic mass is 10.2. The van der Waals surface area contributed by atoms with Gasteiger partial charge >= 0.3 is 0 Å². The standard InChI is InChI=1S/C14H14ClN5/c1-20-9-18-14(19-20)5-7-16-12-4-6-17-13-8-10(15)2-3-11(12)13/h2-4,6,8-9H,5,7H2,1H3,(H,16,17). The second-order valence-corrected chi connectivity index (χ2v) is 4.97. The fourth-order valence-electron chi connectivity index (χ4n) is 2.08. The van der Waals surface area contributed by atoms with E-state index in [0.717, 1.165) is 35.4 Å². The number of nitrogens with zero attached hydrogens (tertiary/aromatic N) is 4. The van der Waals surface area contributed by atoms with Gasteiger partial charge in [0.15, 0.2) is 5.82 Å². The Balaban J connectivity index is 1.74. The molecule has 2 aromatic heterocycles. The molecule has 0 aliphatic rings. The lowest BCUT2D eigenvalue weighted by Crippen LogP contribution is -2.07. The first-order valence-electron chi connectivity index (χ1n) is 6.35. The van der Waals surface area contributed by atoms with Crippen molar-refractivity contribution in [1.29, 1.82) is 0 Å². The Labute approximate surface area is 121 Å². The Kier molecular flexibility index (Phi) is 3.52. The van der Waals surface area contributed by atoms with E-state index in [9.17, 15) is 0 Å². The summed E-state index contributed by atoms with van der Waals surface area (Å²) in [6, 6.07) is 7.67. The highest BCUT2D eigenvalue weighted by Crippen LogP contribution is 2.24. The average Bonchev–Trinajstić information content (AvgIpc) is 2.84. The molecule has 3 rings (SSSR count). The molecule has 0 fully saturated rings. The number of aryl methyl sites for hydroxylation is 1. The van der Waals surface area contributed by atoms with Crippen LogP contribution in [0.4, 0.5) is 5.69 Å². The molecule has 1 N–H and O–H groups in total. The maximum absolute atomic E-state index is 5.98. The van der Waals surface area contributed by atoms with E-state index in [1.54, 1.807) is 17.2 Å². The predicted molar refractivity (Wildman–Crippen MR) is 79.9 cm³/mol. The largest absolute Gasteiger partial charge is 0.384 e. The van der Waals surface area contributed by atoms with Gasteiger partial charge in [-0.2, -0.15) is 5.10 Å². The zero-order valence-electron chi connectivity index (χ0n) is 11.0. The van der Waals surface area contributed by atoms with Crippen LogP contribution in [0.2, 0.25) is 5.02 Å². The normalized spacial score (nSPS) is 10.9. The number of anilines is 1. The van der Waals surface area contributed by atoms with Crippen LogP contribution in [-0.4, -0.2) is 26.3 Å². The Bertz CT molecular complexity index is 737. The molecule has 1 aromatic carbocycles. The van der Waals surface area contributed by atoms with Crippen LogP contribution < -0.4 is 5.32 Å². The number of fused-ring (bicyclic) bond motifs is 1. The average molecular weight is 288 g/mol. The number of halogens is 1. The molecule has 0 unspecified atom stereocenters. The third kappa shape index (κ3) is 2.72. The third-order valence-corrected chi connectivity index (χ3v) is 3.25. The van der Waals surface area contributed by atoms with Crippen molar-refractivity contribution in [3.63, 3.8) is 0 Å². The zero-order valence-corrected chi connectivity index (χ0v) is 11.8. The van der Waals surface area contributed by atoms with E-state index in [-0.39, 0.29) is 0 Å². The van der Waals surface area contributed by atoms with Gasteiger partial charge in [-0.3, -0.25) is 9.67 Å². The van der Waals surface area contributed by atoms with E-state index in [1.807, 2.05) is 31.3 Å². The van der Waals surface area contributed by atoms with E-state index >= 15 is 0 Å². The van der Waals surface area contributed by atoms with Crippen molar-refractivity contribution < 1.29 is 0 Å². The first-order chi connectivity index (χ1) is 9.72. The molecule has 0 amide bonds. The van der Waals surface area contributed by atoms with E-state index in [4.69, 9.17) is 11.6 Å². The summed E-state index contributed by atoms with van der Waals surface area (Å²) in [5.74, 6) is 0.835. The molecule has 0 spiro atoms. The molecule has 20 heavy (non-hydrogen) atoms. The summed E-state index contributed by atoms with van der Waals surface area (Å²) in [5.41, 5.74) is 1.93. The van der Waals surface area contributed by atoms with Crippen molar-refractivity contribution in [3.8, 4) is 0 Å². The van der Waals surface area contributed by atoms with Crippen LogP contribution in [0.5, 0.6) is 0 Å². The van der Waals surface area contributed by atoms with E-state index < -0.39 is 0 Å². The number of rotatable bonds is 4. The van der Waals surface area contributed by atoms with Gasteiger partial charge in [0.2, 0.25) is 0 Å².